The number of nitrogens with zero attached hydrogens (tertiary/aromatic N) is 3. The van der Waals surface area contributed by atoms with E-state index in [0.29, 0.717) is 4.90 Å². The molecule has 2 N–H and O–H groups in total. The van der Waals surface area contributed by atoms with Gasteiger partial charge in [-0.2, -0.15) is 10.7 Å². The summed E-state index contributed by atoms with van der Waals surface area (Å²) in [6.45, 7) is 1.50. The van der Waals surface area contributed by atoms with Crippen molar-refractivity contribution in [3.05, 3.63) is 51.2 Å². The fourth-order valence-electron chi connectivity index (χ4n) is 2.33. The second-order valence-electron chi connectivity index (χ2n) is 4.78. The first-order valence-electron chi connectivity index (χ1n) is 6.73. The van der Waals surface area contributed by atoms with E-state index in [1.807, 2.05) is 6.07 Å². The van der Waals surface area contributed by atoms with Crippen LogP contribution in [0.25, 0.3) is 0 Å². The lowest BCUT2D eigenvalue weighted by molar-refractivity contribution is -0.384. The molecule has 2 rings (SSSR count). The number of carbonyl (C=O) groups excluding carboxylic acids is 2. The van der Waals surface area contributed by atoms with Crippen LogP contribution in [0.5, 0.6) is 0 Å². The van der Waals surface area contributed by atoms with E-state index >= 15 is 0 Å². The molecule has 0 aromatic heterocycles. The number of allylic oxidation sites excluding steroid dienone is 1. The van der Waals surface area contributed by atoms with Crippen molar-refractivity contribution in [2.45, 2.75) is 13.0 Å². The third-order valence-electron chi connectivity index (χ3n) is 3.35. The highest BCUT2D eigenvalue weighted by atomic mass is 16.7. The Morgan fingerprint density at radius 3 is 2.83 bits per heavy atom. The lowest BCUT2D eigenvalue weighted by atomic mass is 9.95. The first kappa shape index (κ1) is 16.9. The molecule has 3 amide bonds. The number of carbonyl (C=O) groups is 2. The zero-order valence-electron chi connectivity index (χ0n) is 12.8. The fourth-order valence-corrected chi connectivity index (χ4v) is 2.33. The summed E-state index contributed by atoms with van der Waals surface area (Å²) in [7, 11) is 1.33. The van der Waals surface area contributed by atoms with Crippen LogP contribution in [0.2, 0.25) is 0 Å². The Hall–Kier alpha value is -3.45. The average molecular weight is 331 g/mol. The van der Waals surface area contributed by atoms with Crippen molar-refractivity contribution in [2.75, 3.05) is 7.05 Å². The number of non-ortho nitro benzene ring substituents is 1. The monoisotopic (exact) mass is 331 g/mol. The van der Waals surface area contributed by atoms with Crippen molar-refractivity contribution < 1.29 is 19.3 Å². The van der Waals surface area contributed by atoms with Crippen molar-refractivity contribution in [3.8, 4) is 6.07 Å². The molecule has 1 atom stereocenters. The number of amides is 3. The van der Waals surface area contributed by atoms with Crippen LogP contribution in [-0.2, 0) is 4.84 Å². The van der Waals surface area contributed by atoms with Crippen molar-refractivity contribution >= 4 is 17.8 Å². The number of nitrogens with one attached hydrogen (secondary N) is 2. The molecule has 0 saturated heterocycles. The van der Waals surface area contributed by atoms with E-state index in [2.05, 4.69) is 15.6 Å². The quantitative estimate of drug-likeness (QED) is 0.635. The van der Waals surface area contributed by atoms with E-state index in [1.54, 1.807) is 0 Å². The smallest absolute Gasteiger partial charge is 0.354 e. The van der Waals surface area contributed by atoms with E-state index in [0.717, 1.165) is 0 Å². The fraction of sp³-hybridized carbons (Fsp3) is 0.214. The number of urea groups is 1. The number of benzene rings is 1. The minimum absolute atomic E-state index is 0.0724. The molecule has 1 aliphatic rings. The number of rotatable bonds is 3. The number of hydrogen-bond acceptors (Lipinski definition) is 7. The SMILES string of the molecule is CNOC(=O)N1C(=O)NC(C)=C(C#N)C1c1cccc([N+](=O)[O-])c1. The summed E-state index contributed by atoms with van der Waals surface area (Å²) >= 11 is 0. The maximum absolute atomic E-state index is 12.2. The third kappa shape index (κ3) is 3.01. The molecule has 1 unspecified atom stereocenters. The molecule has 24 heavy (non-hydrogen) atoms. The van der Waals surface area contributed by atoms with Gasteiger partial charge in [0.05, 0.1) is 16.6 Å². The van der Waals surface area contributed by atoms with Gasteiger partial charge in [-0.15, -0.1) is 0 Å². The van der Waals surface area contributed by atoms with Crippen LogP contribution in [0.15, 0.2) is 35.5 Å². The maximum atomic E-state index is 12.2. The molecule has 1 aliphatic heterocycles. The van der Waals surface area contributed by atoms with Crippen LogP contribution >= 0.6 is 0 Å². The molecule has 0 fully saturated rings. The summed E-state index contributed by atoms with van der Waals surface area (Å²) in [5, 5.41) is 22.8. The summed E-state index contributed by atoms with van der Waals surface area (Å²) in [5.74, 6) is 0. The molecule has 124 valence electrons. The summed E-state index contributed by atoms with van der Waals surface area (Å²) in [6.07, 6.45) is -1.05. The maximum Gasteiger partial charge on any atom is 0.437 e. The minimum atomic E-state index is -1.13. The molecule has 1 heterocycles. The number of hydrogen-bond donors (Lipinski definition) is 2. The van der Waals surface area contributed by atoms with Gasteiger partial charge in [-0.1, -0.05) is 12.1 Å². The first-order chi connectivity index (χ1) is 11.4. The summed E-state index contributed by atoms with van der Waals surface area (Å²) in [5.41, 5.74) is 2.49. The molecular formula is C14H13N5O5. The molecule has 0 radical (unpaired) electrons. The Morgan fingerprint density at radius 1 is 1.54 bits per heavy atom. The van der Waals surface area contributed by atoms with Gasteiger partial charge in [0.2, 0.25) is 0 Å². The van der Waals surface area contributed by atoms with Crippen LogP contribution in [0, 0.1) is 21.4 Å². The Kier molecular flexibility index (Phi) is 4.76. The van der Waals surface area contributed by atoms with E-state index in [9.17, 15) is 25.0 Å². The minimum Gasteiger partial charge on any atom is -0.354 e. The highest BCUT2D eigenvalue weighted by Gasteiger charge is 2.40. The molecular weight excluding hydrogens is 318 g/mol. The van der Waals surface area contributed by atoms with Gasteiger partial charge in [-0.25, -0.2) is 14.5 Å². The highest BCUT2D eigenvalue weighted by molar-refractivity contribution is 5.94. The van der Waals surface area contributed by atoms with Crippen LogP contribution < -0.4 is 10.8 Å². The summed E-state index contributed by atoms with van der Waals surface area (Å²) < 4.78 is 0. The van der Waals surface area contributed by atoms with Crippen LogP contribution in [0.4, 0.5) is 15.3 Å². The number of nitro benzene ring substituents is 1. The summed E-state index contributed by atoms with van der Waals surface area (Å²) in [4.78, 5) is 40.0. The van der Waals surface area contributed by atoms with Crippen LogP contribution in [-0.4, -0.2) is 29.0 Å². The van der Waals surface area contributed by atoms with E-state index in [4.69, 9.17) is 0 Å². The Morgan fingerprint density at radius 2 is 2.25 bits per heavy atom. The highest BCUT2D eigenvalue weighted by Crippen LogP contribution is 2.34. The normalized spacial score (nSPS) is 17.1. The Bertz CT molecular complexity index is 782. The molecule has 0 aliphatic carbocycles. The van der Waals surface area contributed by atoms with Crippen molar-refractivity contribution in [1.29, 1.82) is 5.26 Å². The first-order valence-corrected chi connectivity index (χ1v) is 6.73. The lowest BCUT2D eigenvalue weighted by Gasteiger charge is -2.33. The average Bonchev–Trinajstić information content (AvgIpc) is 2.54. The van der Waals surface area contributed by atoms with Crippen molar-refractivity contribution in [3.63, 3.8) is 0 Å². The second kappa shape index (κ2) is 6.76. The van der Waals surface area contributed by atoms with Gasteiger partial charge < -0.3 is 10.2 Å². The number of nitriles is 1. The molecule has 10 heteroatoms. The topological polar surface area (TPSA) is 138 Å². The van der Waals surface area contributed by atoms with Crippen molar-refractivity contribution in [1.82, 2.24) is 15.7 Å². The molecule has 0 bridgehead atoms. The predicted octanol–water partition coefficient (Wildman–Crippen LogP) is 1.73. The molecule has 0 saturated carbocycles. The molecule has 0 spiro atoms. The molecule has 10 nitrogen and oxygen atoms in total. The lowest BCUT2D eigenvalue weighted by Crippen LogP contribution is -2.50. The van der Waals surface area contributed by atoms with Gasteiger partial charge in [0.15, 0.2) is 0 Å². The molecule has 1 aromatic carbocycles. The summed E-state index contributed by atoms with van der Waals surface area (Å²) in [6, 6.07) is 5.35. The Balaban J connectivity index is 2.62. The standard InChI is InChI=1S/C14H13N5O5/c1-8-11(7-15)12(9-4-3-5-10(6-9)19(22)23)18(13(20)17-8)14(21)24-16-2/h3-6,12,16H,1-2H3,(H,17,20). The van der Waals surface area contributed by atoms with Crippen LogP contribution in [0.3, 0.4) is 0 Å². The van der Waals surface area contributed by atoms with Gasteiger partial charge in [0.25, 0.3) is 5.69 Å². The van der Waals surface area contributed by atoms with Gasteiger partial charge in [-0.3, -0.25) is 10.1 Å². The van der Waals surface area contributed by atoms with E-state index < -0.39 is 23.1 Å². The number of hydroxylamine groups is 1. The number of imide groups is 1. The van der Waals surface area contributed by atoms with Gasteiger partial charge in [0, 0.05) is 24.9 Å². The second-order valence-corrected chi connectivity index (χ2v) is 4.78. The van der Waals surface area contributed by atoms with Gasteiger partial charge in [0.1, 0.15) is 6.04 Å². The number of nitro groups is 1. The van der Waals surface area contributed by atoms with Gasteiger partial charge in [-0.05, 0) is 12.5 Å². The van der Waals surface area contributed by atoms with Gasteiger partial charge >= 0.3 is 12.1 Å². The third-order valence-corrected chi connectivity index (χ3v) is 3.35. The zero-order valence-corrected chi connectivity index (χ0v) is 12.8. The zero-order chi connectivity index (χ0) is 17.9. The van der Waals surface area contributed by atoms with Crippen molar-refractivity contribution in [2.24, 2.45) is 0 Å². The largest absolute Gasteiger partial charge is 0.437 e. The Labute approximate surface area is 136 Å². The van der Waals surface area contributed by atoms with E-state index in [-0.39, 0.29) is 22.5 Å². The van der Waals surface area contributed by atoms with E-state index in [1.165, 1.54) is 38.2 Å². The predicted molar refractivity (Wildman–Crippen MR) is 80.1 cm³/mol. The molecule has 1 aromatic rings. The van der Waals surface area contributed by atoms with Crippen LogP contribution in [0.1, 0.15) is 18.5 Å².